The summed E-state index contributed by atoms with van der Waals surface area (Å²) < 4.78 is 42.6. The minimum absolute atomic E-state index is 0.118. The molecule has 1 heterocycles. The van der Waals surface area contributed by atoms with Gasteiger partial charge in [-0.25, -0.2) is 27.9 Å². The second-order valence-electron chi connectivity index (χ2n) is 6.85. The van der Waals surface area contributed by atoms with Gasteiger partial charge in [0.2, 0.25) is 10.0 Å². The van der Waals surface area contributed by atoms with E-state index in [0.717, 1.165) is 12.4 Å². The molecule has 0 aliphatic carbocycles. The van der Waals surface area contributed by atoms with Crippen molar-refractivity contribution in [3.8, 4) is 0 Å². The lowest BCUT2D eigenvalue weighted by atomic mass is 10.2. The van der Waals surface area contributed by atoms with Crippen molar-refractivity contribution in [2.45, 2.75) is 57.2 Å². The van der Waals surface area contributed by atoms with Crippen LogP contribution in [-0.4, -0.2) is 32.0 Å². The first-order valence-electron chi connectivity index (χ1n) is 6.92. The van der Waals surface area contributed by atoms with E-state index in [-0.39, 0.29) is 10.9 Å². The Morgan fingerprint density at radius 3 is 2.09 bits per heavy atom. The van der Waals surface area contributed by atoms with E-state index in [2.05, 4.69) is 9.97 Å². The van der Waals surface area contributed by atoms with E-state index in [0.29, 0.717) is 0 Å². The molecule has 0 aliphatic heterocycles. The van der Waals surface area contributed by atoms with Crippen LogP contribution >= 0.6 is 0 Å². The molecule has 1 aromatic rings. The highest BCUT2D eigenvalue weighted by atomic mass is 32.2. The summed E-state index contributed by atoms with van der Waals surface area (Å²) in [6.45, 7) is 11.5. The zero-order valence-electron chi connectivity index (χ0n) is 13.8. The highest BCUT2D eigenvalue weighted by Gasteiger charge is 2.43. The molecule has 0 spiro atoms. The fraction of sp³-hybridized carbons (Fsp3) is 0.692. The Hall–Kier alpha value is -0.903. The lowest BCUT2D eigenvalue weighted by molar-refractivity contribution is 0.172. The molecule has 0 amide bonds. The van der Waals surface area contributed by atoms with Crippen LogP contribution in [0.4, 0.5) is 4.39 Å². The molecule has 126 valence electrons. The molecule has 2 N–H and O–H groups in total. The molecular weight excluding hydrogens is 325 g/mol. The van der Waals surface area contributed by atoms with Crippen LogP contribution in [0.5, 0.6) is 0 Å². The van der Waals surface area contributed by atoms with Gasteiger partial charge in [0.1, 0.15) is 11.4 Å². The maximum Gasteiger partial charge on any atom is 0.214 e. The summed E-state index contributed by atoms with van der Waals surface area (Å²) in [5, 5.41) is 4.08. The molecule has 0 saturated carbocycles. The number of hydrogen-bond donors (Lipinski definition) is 1. The molecule has 0 radical (unpaired) electrons. The van der Waals surface area contributed by atoms with Gasteiger partial charge in [-0.05, 0) is 25.1 Å². The second-order valence-corrected chi connectivity index (χ2v) is 13.5. The van der Waals surface area contributed by atoms with Gasteiger partial charge in [-0.3, -0.25) is 0 Å². The number of hydrogen-bond acceptors (Lipinski definition) is 5. The standard InChI is InChI=1S/C13H24FN3O3SSi/c1-9(21(15,18)19)11(12-16-7-10(14)8-17-12)20-22(5,6)13(2,3)4/h7-9,11H,1-6H3,(H2,15,18,19)/t9-,11?/m1/s1. The Labute approximate surface area is 132 Å². The van der Waals surface area contributed by atoms with Gasteiger partial charge in [0, 0.05) is 0 Å². The van der Waals surface area contributed by atoms with Crippen molar-refractivity contribution in [1.82, 2.24) is 9.97 Å². The van der Waals surface area contributed by atoms with Crippen molar-refractivity contribution in [1.29, 1.82) is 0 Å². The Bertz CT molecular complexity index is 614. The summed E-state index contributed by atoms with van der Waals surface area (Å²) in [5.74, 6) is -0.481. The Morgan fingerprint density at radius 2 is 1.73 bits per heavy atom. The van der Waals surface area contributed by atoms with E-state index in [4.69, 9.17) is 9.56 Å². The Morgan fingerprint density at radius 1 is 1.27 bits per heavy atom. The van der Waals surface area contributed by atoms with Gasteiger partial charge >= 0.3 is 0 Å². The minimum atomic E-state index is -3.85. The Kier molecular flexibility index (Phi) is 5.49. The maximum atomic E-state index is 13.0. The average molecular weight is 350 g/mol. The zero-order valence-corrected chi connectivity index (χ0v) is 15.6. The first-order chi connectivity index (χ1) is 9.75. The molecular formula is C13H24FN3O3SSi. The molecule has 0 aliphatic rings. The highest BCUT2D eigenvalue weighted by Crippen LogP contribution is 2.40. The van der Waals surface area contributed by atoms with Gasteiger partial charge < -0.3 is 4.43 Å². The van der Waals surface area contributed by atoms with Crippen molar-refractivity contribution in [3.63, 3.8) is 0 Å². The molecule has 0 bridgehead atoms. The topological polar surface area (TPSA) is 95.2 Å². The number of primary sulfonamides is 1. The summed E-state index contributed by atoms with van der Waals surface area (Å²) in [6.07, 6.45) is 1.04. The predicted molar refractivity (Wildman–Crippen MR) is 85.6 cm³/mol. The summed E-state index contributed by atoms with van der Waals surface area (Å²) in [7, 11) is -6.15. The monoisotopic (exact) mass is 349 g/mol. The third-order valence-corrected chi connectivity index (χ3v) is 9.81. The quantitative estimate of drug-likeness (QED) is 0.823. The summed E-state index contributed by atoms with van der Waals surface area (Å²) >= 11 is 0. The third-order valence-electron chi connectivity index (χ3n) is 4.07. The van der Waals surface area contributed by atoms with Crippen molar-refractivity contribution >= 4 is 18.3 Å². The number of aromatic nitrogens is 2. The van der Waals surface area contributed by atoms with Crippen LogP contribution in [0.1, 0.15) is 39.6 Å². The SMILES string of the molecule is C[C@H](C(O[Si](C)(C)C(C)(C)C)c1ncc(F)cn1)S(N)(=O)=O. The van der Waals surface area contributed by atoms with Crippen LogP contribution in [0, 0.1) is 5.82 Å². The number of rotatable bonds is 5. The van der Waals surface area contributed by atoms with Crippen LogP contribution in [0.2, 0.25) is 18.1 Å². The number of nitrogens with zero attached hydrogens (tertiary/aromatic N) is 2. The number of halogens is 1. The smallest absolute Gasteiger partial charge is 0.214 e. The van der Waals surface area contributed by atoms with Gasteiger partial charge in [-0.15, -0.1) is 0 Å². The second kappa shape index (κ2) is 6.30. The average Bonchev–Trinajstić information content (AvgIpc) is 2.34. The van der Waals surface area contributed by atoms with Gasteiger partial charge in [0.15, 0.2) is 20.0 Å². The largest absolute Gasteiger partial charge is 0.405 e. The molecule has 0 aromatic carbocycles. The molecule has 1 rings (SSSR count). The number of nitrogens with two attached hydrogens (primary N) is 1. The third kappa shape index (κ3) is 4.54. The Balaban J connectivity index is 3.27. The summed E-state index contributed by atoms with van der Waals surface area (Å²) in [6, 6.07) is 0. The van der Waals surface area contributed by atoms with Crippen molar-refractivity contribution in [2.75, 3.05) is 0 Å². The summed E-state index contributed by atoms with van der Waals surface area (Å²) in [4.78, 5) is 7.74. The lowest BCUT2D eigenvalue weighted by Gasteiger charge is -2.39. The van der Waals surface area contributed by atoms with Crippen LogP contribution in [-0.2, 0) is 14.4 Å². The summed E-state index contributed by atoms with van der Waals surface area (Å²) in [5.41, 5.74) is 0. The van der Waals surface area contributed by atoms with Crippen LogP contribution in [0.25, 0.3) is 0 Å². The molecule has 9 heteroatoms. The molecule has 1 unspecified atom stereocenters. The van der Waals surface area contributed by atoms with E-state index >= 15 is 0 Å². The van der Waals surface area contributed by atoms with Crippen molar-refractivity contribution < 1.29 is 17.2 Å². The molecule has 6 nitrogen and oxygen atoms in total. The van der Waals surface area contributed by atoms with E-state index in [1.807, 2.05) is 33.9 Å². The van der Waals surface area contributed by atoms with E-state index < -0.39 is 35.5 Å². The van der Waals surface area contributed by atoms with Crippen molar-refractivity contribution in [3.05, 3.63) is 24.0 Å². The van der Waals surface area contributed by atoms with E-state index in [1.165, 1.54) is 6.92 Å². The fourth-order valence-electron chi connectivity index (χ4n) is 1.49. The van der Waals surface area contributed by atoms with Gasteiger partial charge in [0.05, 0.1) is 12.4 Å². The van der Waals surface area contributed by atoms with Crippen molar-refractivity contribution in [2.24, 2.45) is 5.14 Å². The van der Waals surface area contributed by atoms with E-state index in [9.17, 15) is 12.8 Å². The predicted octanol–water partition coefficient (Wildman–Crippen LogP) is 2.36. The maximum absolute atomic E-state index is 13.0. The number of sulfonamides is 1. The van der Waals surface area contributed by atoms with Gasteiger partial charge in [-0.2, -0.15) is 0 Å². The molecule has 1 aromatic heterocycles. The fourth-order valence-corrected chi connectivity index (χ4v) is 3.41. The molecule has 0 saturated heterocycles. The van der Waals surface area contributed by atoms with Crippen LogP contribution in [0.3, 0.4) is 0 Å². The molecule has 0 fully saturated rings. The van der Waals surface area contributed by atoms with Gasteiger partial charge in [0.25, 0.3) is 0 Å². The highest BCUT2D eigenvalue weighted by molar-refractivity contribution is 7.89. The molecule has 2 atom stereocenters. The van der Waals surface area contributed by atoms with Crippen LogP contribution < -0.4 is 5.14 Å². The van der Waals surface area contributed by atoms with E-state index in [1.54, 1.807) is 0 Å². The zero-order chi connectivity index (χ0) is 17.3. The van der Waals surface area contributed by atoms with Gasteiger partial charge in [-0.1, -0.05) is 20.8 Å². The van der Waals surface area contributed by atoms with Crippen LogP contribution in [0.15, 0.2) is 12.4 Å². The first kappa shape index (κ1) is 19.1. The lowest BCUT2D eigenvalue weighted by Crippen LogP contribution is -2.46. The minimum Gasteiger partial charge on any atom is -0.405 e. The normalized spacial score (nSPS) is 16.4. The molecule has 22 heavy (non-hydrogen) atoms. The first-order valence-corrected chi connectivity index (χ1v) is 11.4.